The predicted octanol–water partition coefficient (Wildman–Crippen LogP) is 2.05. The first-order valence-electron chi connectivity index (χ1n) is 3.99. The van der Waals surface area contributed by atoms with Gasteiger partial charge in [-0.15, -0.1) is 0 Å². The number of hydrogen-bond donors (Lipinski definition) is 1. The summed E-state index contributed by atoms with van der Waals surface area (Å²) in [6.07, 6.45) is 0. The van der Waals surface area contributed by atoms with Crippen molar-refractivity contribution in [2.45, 2.75) is 6.54 Å². The maximum Gasteiger partial charge on any atom is 0.110 e. The number of nitrogens with two attached hydrogens (primary N) is 1. The van der Waals surface area contributed by atoms with E-state index >= 15 is 0 Å². The molecule has 2 nitrogen and oxygen atoms in total. The van der Waals surface area contributed by atoms with Crippen molar-refractivity contribution in [2.75, 3.05) is 13.3 Å². The van der Waals surface area contributed by atoms with E-state index in [2.05, 4.69) is 0 Å². The molecule has 0 saturated heterocycles. The van der Waals surface area contributed by atoms with Crippen LogP contribution in [0.15, 0.2) is 18.2 Å². The molecule has 0 atom stereocenters. The maximum absolute atomic E-state index is 11.8. The molecule has 0 unspecified atom stereocenters. The van der Waals surface area contributed by atoms with Gasteiger partial charge in [-0.25, -0.2) is 0 Å². The van der Waals surface area contributed by atoms with E-state index < -0.39 is 7.14 Å². The summed E-state index contributed by atoms with van der Waals surface area (Å²) in [5.74, 6) is 0. The molecule has 72 valence electrons. The minimum atomic E-state index is -2.26. The SMILES string of the molecule is CP(C)(=O)c1cc(Cl)ccc1CN. The summed E-state index contributed by atoms with van der Waals surface area (Å²) in [7, 11) is -2.26. The minimum Gasteiger partial charge on any atom is -0.326 e. The summed E-state index contributed by atoms with van der Waals surface area (Å²) in [4.78, 5) is 0. The van der Waals surface area contributed by atoms with Crippen LogP contribution in [0.2, 0.25) is 5.02 Å². The summed E-state index contributed by atoms with van der Waals surface area (Å²) >= 11 is 5.82. The average Bonchev–Trinajstić information content (AvgIpc) is 2.03. The van der Waals surface area contributed by atoms with Gasteiger partial charge in [0.1, 0.15) is 7.14 Å². The zero-order valence-electron chi connectivity index (χ0n) is 7.75. The van der Waals surface area contributed by atoms with E-state index in [-0.39, 0.29) is 0 Å². The molecular weight excluding hydrogens is 205 g/mol. The Bertz CT molecular complexity index is 359. The highest BCUT2D eigenvalue weighted by Crippen LogP contribution is 2.36. The second-order valence-corrected chi connectivity index (χ2v) is 6.95. The van der Waals surface area contributed by atoms with Crippen LogP contribution < -0.4 is 11.0 Å². The van der Waals surface area contributed by atoms with E-state index in [1.807, 2.05) is 6.07 Å². The molecule has 0 aliphatic rings. The molecule has 0 radical (unpaired) electrons. The summed E-state index contributed by atoms with van der Waals surface area (Å²) in [5.41, 5.74) is 6.45. The third-order valence-electron chi connectivity index (χ3n) is 1.85. The average molecular weight is 218 g/mol. The molecule has 1 aromatic rings. The van der Waals surface area contributed by atoms with E-state index in [0.29, 0.717) is 11.6 Å². The first kappa shape index (κ1) is 10.8. The Hall–Kier alpha value is -0.300. The zero-order valence-corrected chi connectivity index (χ0v) is 9.40. The van der Waals surface area contributed by atoms with Crippen LogP contribution in [0, 0.1) is 0 Å². The highest BCUT2D eigenvalue weighted by molar-refractivity contribution is 7.70. The lowest BCUT2D eigenvalue weighted by Crippen LogP contribution is -2.13. The Balaban J connectivity index is 3.33. The van der Waals surface area contributed by atoms with Gasteiger partial charge in [-0.2, -0.15) is 0 Å². The van der Waals surface area contributed by atoms with Crippen LogP contribution in [0.25, 0.3) is 0 Å². The van der Waals surface area contributed by atoms with E-state index in [9.17, 15) is 4.57 Å². The van der Waals surface area contributed by atoms with Gasteiger partial charge in [0, 0.05) is 16.9 Å². The molecule has 1 aromatic carbocycles. The van der Waals surface area contributed by atoms with Gasteiger partial charge in [0.05, 0.1) is 0 Å². The Morgan fingerprint density at radius 2 is 2.08 bits per heavy atom. The molecular formula is C9H13ClNOP. The van der Waals surface area contributed by atoms with Crippen molar-refractivity contribution in [3.63, 3.8) is 0 Å². The number of benzene rings is 1. The molecule has 0 spiro atoms. The predicted molar refractivity (Wildman–Crippen MR) is 58.4 cm³/mol. The normalized spacial score (nSPS) is 11.7. The van der Waals surface area contributed by atoms with Crippen LogP contribution >= 0.6 is 18.7 Å². The third-order valence-corrected chi connectivity index (χ3v) is 3.66. The van der Waals surface area contributed by atoms with Crippen molar-refractivity contribution in [3.8, 4) is 0 Å². The van der Waals surface area contributed by atoms with E-state index in [4.69, 9.17) is 17.3 Å². The van der Waals surface area contributed by atoms with Crippen molar-refractivity contribution in [3.05, 3.63) is 28.8 Å². The number of rotatable bonds is 2. The van der Waals surface area contributed by atoms with Crippen molar-refractivity contribution in [1.82, 2.24) is 0 Å². The van der Waals surface area contributed by atoms with Crippen LogP contribution in [0.5, 0.6) is 0 Å². The molecule has 0 saturated carbocycles. The van der Waals surface area contributed by atoms with Crippen molar-refractivity contribution in [2.24, 2.45) is 5.73 Å². The van der Waals surface area contributed by atoms with Crippen LogP contribution in [0.3, 0.4) is 0 Å². The Morgan fingerprint density at radius 3 is 2.54 bits per heavy atom. The molecule has 0 aliphatic carbocycles. The Morgan fingerprint density at radius 1 is 1.46 bits per heavy atom. The lowest BCUT2D eigenvalue weighted by atomic mass is 10.2. The molecule has 4 heteroatoms. The topological polar surface area (TPSA) is 43.1 Å². The first-order chi connectivity index (χ1) is 5.95. The van der Waals surface area contributed by atoms with Gasteiger partial charge in [-0.05, 0) is 31.0 Å². The van der Waals surface area contributed by atoms with Gasteiger partial charge >= 0.3 is 0 Å². The van der Waals surface area contributed by atoms with Crippen LogP contribution in [-0.4, -0.2) is 13.3 Å². The van der Waals surface area contributed by atoms with Crippen molar-refractivity contribution in [1.29, 1.82) is 0 Å². The van der Waals surface area contributed by atoms with Gasteiger partial charge < -0.3 is 10.3 Å². The fraction of sp³-hybridized carbons (Fsp3) is 0.333. The zero-order chi connectivity index (χ0) is 10.1. The molecule has 13 heavy (non-hydrogen) atoms. The molecule has 1 rings (SSSR count). The summed E-state index contributed by atoms with van der Waals surface area (Å²) in [5, 5.41) is 1.40. The standard InChI is InChI=1S/C9H13ClNOP/c1-13(2,12)9-5-8(10)4-3-7(9)6-11/h3-5H,6,11H2,1-2H3. The largest absolute Gasteiger partial charge is 0.326 e. The Labute approximate surface area is 83.5 Å². The Kier molecular flexibility index (Phi) is 3.18. The smallest absolute Gasteiger partial charge is 0.110 e. The lowest BCUT2D eigenvalue weighted by Gasteiger charge is -2.12. The van der Waals surface area contributed by atoms with Gasteiger partial charge in [0.25, 0.3) is 0 Å². The third kappa shape index (κ3) is 2.57. The molecule has 2 N–H and O–H groups in total. The summed E-state index contributed by atoms with van der Waals surface area (Å²) < 4.78 is 11.8. The van der Waals surface area contributed by atoms with E-state index in [1.54, 1.807) is 25.5 Å². The van der Waals surface area contributed by atoms with Crippen molar-refractivity contribution >= 4 is 24.0 Å². The molecule has 0 heterocycles. The minimum absolute atomic E-state index is 0.401. The number of halogens is 1. The van der Waals surface area contributed by atoms with Crippen LogP contribution in [0.1, 0.15) is 5.56 Å². The quantitative estimate of drug-likeness (QED) is 0.771. The van der Waals surface area contributed by atoms with Gasteiger partial charge in [-0.1, -0.05) is 17.7 Å². The number of hydrogen-bond acceptors (Lipinski definition) is 2. The van der Waals surface area contributed by atoms with E-state index in [0.717, 1.165) is 10.9 Å². The second-order valence-electron chi connectivity index (χ2n) is 3.33. The highest BCUT2D eigenvalue weighted by Gasteiger charge is 2.15. The van der Waals surface area contributed by atoms with Gasteiger partial charge in [-0.3, -0.25) is 0 Å². The fourth-order valence-electron chi connectivity index (χ4n) is 1.21. The van der Waals surface area contributed by atoms with Gasteiger partial charge in [0.15, 0.2) is 0 Å². The van der Waals surface area contributed by atoms with Crippen molar-refractivity contribution < 1.29 is 4.57 Å². The summed E-state index contributed by atoms with van der Waals surface area (Å²) in [6, 6.07) is 5.34. The molecule has 0 aliphatic heterocycles. The fourth-order valence-corrected chi connectivity index (χ4v) is 2.77. The van der Waals surface area contributed by atoms with Gasteiger partial charge in [0.2, 0.25) is 0 Å². The van der Waals surface area contributed by atoms with Crippen LogP contribution in [-0.2, 0) is 11.1 Å². The molecule has 0 aromatic heterocycles. The monoisotopic (exact) mass is 217 g/mol. The second kappa shape index (κ2) is 3.83. The molecule has 0 bridgehead atoms. The van der Waals surface area contributed by atoms with E-state index in [1.165, 1.54) is 0 Å². The molecule has 0 amide bonds. The summed E-state index contributed by atoms with van der Waals surface area (Å²) in [6.45, 7) is 3.84. The first-order valence-corrected chi connectivity index (χ1v) is 6.97. The van der Waals surface area contributed by atoms with Crippen LogP contribution in [0.4, 0.5) is 0 Å². The maximum atomic E-state index is 11.8. The lowest BCUT2D eigenvalue weighted by molar-refractivity contribution is 0.588. The highest BCUT2D eigenvalue weighted by atomic mass is 35.5. The molecule has 0 fully saturated rings.